The van der Waals surface area contributed by atoms with Gasteiger partial charge in [-0.25, -0.2) is 4.98 Å². The number of aromatic nitrogens is 2. The van der Waals surface area contributed by atoms with Crippen LogP contribution >= 0.6 is 40.7 Å². The molecule has 1 aliphatic carbocycles. The lowest BCUT2D eigenvalue weighted by molar-refractivity contribution is -0.274. The second kappa shape index (κ2) is 13.4. The fourth-order valence-corrected chi connectivity index (χ4v) is 4.00. The first-order valence-electron chi connectivity index (χ1n) is 10.2. The summed E-state index contributed by atoms with van der Waals surface area (Å²) in [6.45, 7) is 0.590. The van der Waals surface area contributed by atoms with Crippen LogP contribution in [0.4, 0.5) is 24.9 Å². The normalized spacial score (nSPS) is 18.0. The summed E-state index contributed by atoms with van der Waals surface area (Å²) in [4.78, 5) is 10.7. The first-order chi connectivity index (χ1) is 14.7. The van der Waals surface area contributed by atoms with E-state index in [-0.39, 0.29) is 30.6 Å². The molecule has 0 saturated heterocycles. The molecule has 1 fully saturated rings. The molecule has 2 N–H and O–H groups in total. The Morgan fingerprint density at radius 2 is 1.76 bits per heavy atom. The molecule has 186 valence electrons. The Hall–Kier alpha value is -1.49. The van der Waals surface area contributed by atoms with E-state index in [1.54, 1.807) is 18.3 Å². The van der Waals surface area contributed by atoms with Crippen molar-refractivity contribution in [1.29, 1.82) is 0 Å². The topological polar surface area (TPSA) is 62.3 Å². The van der Waals surface area contributed by atoms with Gasteiger partial charge in [0.15, 0.2) is 0 Å². The fourth-order valence-electron chi connectivity index (χ4n) is 3.66. The molecule has 0 aliphatic heterocycles. The Morgan fingerprint density at radius 1 is 1.09 bits per heavy atom. The van der Waals surface area contributed by atoms with Crippen LogP contribution in [0.25, 0.3) is 0 Å². The summed E-state index contributed by atoms with van der Waals surface area (Å²) in [7, 11) is 3.88. The molecule has 0 atom stereocenters. The highest BCUT2D eigenvalue weighted by Gasteiger charge is 2.32. The lowest BCUT2D eigenvalue weighted by Gasteiger charge is -2.30. The van der Waals surface area contributed by atoms with Crippen LogP contribution in [0.5, 0.6) is 5.75 Å². The third kappa shape index (κ3) is 9.72. The van der Waals surface area contributed by atoms with Gasteiger partial charge in [0.1, 0.15) is 11.6 Å². The predicted molar refractivity (Wildman–Crippen MR) is 133 cm³/mol. The Balaban J connectivity index is 0.00000272. The van der Waals surface area contributed by atoms with Crippen molar-refractivity contribution in [2.45, 2.75) is 50.6 Å². The number of hydrogen-bond acceptors (Lipinski definition) is 6. The first-order valence-corrected chi connectivity index (χ1v) is 11.0. The largest absolute Gasteiger partial charge is 0.573 e. The van der Waals surface area contributed by atoms with Crippen molar-refractivity contribution in [2.24, 2.45) is 0 Å². The first kappa shape index (κ1) is 29.5. The highest BCUT2D eigenvalue weighted by molar-refractivity contribution is 9.10. The molecule has 0 amide bonds. The van der Waals surface area contributed by atoms with Gasteiger partial charge in [-0.1, -0.05) is 22.0 Å². The minimum absolute atomic E-state index is 0. The Morgan fingerprint density at radius 3 is 2.39 bits per heavy atom. The monoisotopic (exact) mass is 573 g/mol. The van der Waals surface area contributed by atoms with Gasteiger partial charge in [0, 0.05) is 36.8 Å². The Kier molecular flexibility index (Phi) is 12.0. The van der Waals surface area contributed by atoms with Crippen LogP contribution in [0, 0.1) is 0 Å². The third-order valence-electron chi connectivity index (χ3n) is 5.24. The molecule has 0 spiro atoms. The van der Waals surface area contributed by atoms with E-state index in [1.165, 1.54) is 6.07 Å². The molecule has 0 bridgehead atoms. The molecule has 1 heterocycles. The maximum atomic E-state index is 12.7. The van der Waals surface area contributed by atoms with Gasteiger partial charge in [-0.3, -0.25) is 0 Å². The highest BCUT2D eigenvalue weighted by Crippen LogP contribution is 2.30. The molecule has 33 heavy (non-hydrogen) atoms. The minimum Gasteiger partial charge on any atom is -0.405 e. The Labute approximate surface area is 213 Å². The average Bonchev–Trinajstić information content (AvgIpc) is 2.70. The average molecular weight is 575 g/mol. The van der Waals surface area contributed by atoms with Crippen molar-refractivity contribution in [3.8, 4) is 5.75 Å². The van der Waals surface area contributed by atoms with Crippen molar-refractivity contribution in [3.05, 3.63) is 40.5 Å². The zero-order chi connectivity index (χ0) is 22.4. The maximum absolute atomic E-state index is 12.7. The molecule has 0 unspecified atom stereocenters. The summed E-state index contributed by atoms with van der Waals surface area (Å²) in [5.74, 6) is 1.33. The van der Waals surface area contributed by atoms with E-state index in [1.807, 2.05) is 25.1 Å². The van der Waals surface area contributed by atoms with Crippen molar-refractivity contribution in [1.82, 2.24) is 15.3 Å². The van der Waals surface area contributed by atoms with Crippen molar-refractivity contribution in [3.63, 3.8) is 0 Å². The van der Waals surface area contributed by atoms with Gasteiger partial charge in [-0.05, 0) is 62.4 Å². The van der Waals surface area contributed by atoms with Gasteiger partial charge in [0.2, 0.25) is 5.95 Å². The summed E-state index contributed by atoms with van der Waals surface area (Å²) in [6, 6.07) is 7.26. The molecule has 2 aromatic rings. The molecule has 1 saturated carbocycles. The van der Waals surface area contributed by atoms with Crippen LogP contribution in [0.1, 0.15) is 31.2 Å². The lowest BCUT2D eigenvalue weighted by Crippen LogP contribution is -2.38. The number of hydrogen-bond donors (Lipinski definition) is 2. The van der Waals surface area contributed by atoms with Crippen molar-refractivity contribution >= 4 is 52.5 Å². The van der Waals surface area contributed by atoms with E-state index >= 15 is 0 Å². The van der Waals surface area contributed by atoms with Crippen LogP contribution in [0.15, 0.2) is 34.9 Å². The number of benzene rings is 1. The van der Waals surface area contributed by atoms with Crippen molar-refractivity contribution in [2.75, 3.05) is 30.9 Å². The van der Waals surface area contributed by atoms with E-state index < -0.39 is 6.36 Å². The van der Waals surface area contributed by atoms with Gasteiger partial charge >= 0.3 is 6.36 Å². The van der Waals surface area contributed by atoms with E-state index in [9.17, 15) is 13.2 Å². The number of alkyl halides is 3. The SMILES string of the molecule is CN(C)c1ccnc(N[C@H]2CC[C@@H](NCCc3ccc(Br)cc3OC(F)(F)F)CC2)n1.Cl.Cl. The van der Waals surface area contributed by atoms with Gasteiger partial charge in [-0.2, -0.15) is 4.98 Å². The van der Waals surface area contributed by atoms with Gasteiger partial charge in [0.05, 0.1) is 0 Å². The van der Waals surface area contributed by atoms with Crippen molar-refractivity contribution < 1.29 is 17.9 Å². The predicted octanol–water partition coefficient (Wildman–Crippen LogP) is 5.60. The van der Waals surface area contributed by atoms with Gasteiger partial charge in [0.25, 0.3) is 0 Å². The van der Waals surface area contributed by atoms with E-state index in [0.717, 1.165) is 31.5 Å². The van der Waals surface area contributed by atoms with Crippen LogP contribution < -0.4 is 20.3 Å². The molecule has 1 aliphatic rings. The van der Waals surface area contributed by atoms with Crippen LogP contribution in [0.3, 0.4) is 0 Å². The molecular weight excluding hydrogens is 546 g/mol. The van der Waals surface area contributed by atoms with Crippen LogP contribution in [0.2, 0.25) is 0 Å². The van der Waals surface area contributed by atoms with Crippen LogP contribution in [-0.4, -0.2) is 49.1 Å². The zero-order valence-corrected chi connectivity index (χ0v) is 21.6. The summed E-state index contributed by atoms with van der Waals surface area (Å²) in [5, 5.41) is 6.88. The number of halogens is 6. The molecule has 1 aromatic carbocycles. The fraction of sp³-hybridized carbons (Fsp3) is 0.524. The molecular formula is C21H29BrCl2F3N5O. The molecule has 6 nitrogen and oxygen atoms in total. The smallest absolute Gasteiger partial charge is 0.405 e. The van der Waals surface area contributed by atoms with E-state index in [2.05, 4.69) is 41.3 Å². The summed E-state index contributed by atoms with van der Waals surface area (Å²) in [6.07, 6.45) is 1.43. The third-order valence-corrected chi connectivity index (χ3v) is 5.73. The number of nitrogens with one attached hydrogen (secondary N) is 2. The number of rotatable bonds is 8. The standard InChI is InChI=1S/C21H27BrF3N5O.2ClH/c1-30(2)19-10-12-27-20(29-19)28-17-7-5-16(6-8-17)26-11-9-14-3-4-15(22)13-18(14)31-21(23,24)25;;/h3-4,10,12-13,16-17,26H,5-9,11H2,1-2H3,(H,27,28,29);2*1H/t16-,17+;;. The quantitative estimate of drug-likeness (QED) is 0.428. The summed E-state index contributed by atoms with van der Waals surface area (Å²) in [5.41, 5.74) is 0.529. The van der Waals surface area contributed by atoms with E-state index in [4.69, 9.17) is 0 Å². The highest BCUT2D eigenvalue weighted by atomic mass is 79.9. The second-order valence-electron chi connectivity index (χ2n) is 7.83. The van der Waals surface area contributed by atoms with Crippen LogP contribution in [-0.2, 0) is 6.42 Å². The van der Waals surface area contributed by atoms with Gasteiger partial charge < -0.3 is 20.3 Å². The van der Waals surface area contributed by atoms with Gasteiger partial charge in [-0.15, -0.1) is 38.0 Å². The molecule has 0 radical (unpaired) electrons. The molecule has 3 rings (SSSR count). The number of anilines is 2. The maximum Gasteiger partial charge on any atom is 0.573 e. The number of ether oxygens (including phenoxy) is 1. The zero-order valence-electron chi connectivity index (χ0n) is 18.4. The minimum atomic E-state index is -4.70. The lowest BCUT2D eigenvalue weighted by atomic mass is 9.91. The number of nitrogens with zero attached hydrogens (tertiary/aromatic N) is 3. The summed E-state index contributed by atoms with van der Waals surface area (Å²) >= 11 is 3.19. The molecule has 1 aromatic heterocycles. The van der Waals surface area contributed by atoms with E-state index in [0.29, 0.717) is 41.0 Å². The second-order valence-corrected chi connectivity index (χ2v) is 8.75. The Bertz CT molecular complexity index is 868. The summed E-state index contributed by atoms with van der Waals surface area (Å²) < 4.78 is 42.7. The molecule has 12 heteroatoms.